The van der Waals surface area contributed by atoms with Gasteiger partial charge in [-0.05, 0) is 49.2 Å². The molecule has 0 aliphatic rings. The Kier molecular flexibility index (Phi) is 5.42. The zero-order chi connectivity index (χ0) is 15.9. The van der Waals surface area contributed by atoms with E-state index < -0.39 is 0 Å². The Morgan fingerprint density at radius 1 is 1.09 bits per heavy atom. The van der Waals surface area contributed by atoms with Gasteiger partial charge in [0.15, 0.2) is 0 Å². The van der Waals surface area contributed by atoms with Crippen LogP contribution in [0.5, 0.6) is 5.75 Å². The van der Waals surface area contributed by atoms with Gasteiger partial charge < -0.3 is 14.8 Å². The van der Waals surface area contributed by atoms with Crippen molar-refractivity contribution < 1.29 is 14.3 Å². The molecule has 0 radical (unpaired) electrons. The highest BCUT2D eigenvalue weighted by atomic mass is 16.5. The van der Waals surface area contributed by atoms with Crippen molar-refractivity contribution in [2.45, 2.75) is 13.8 Å². The van der Waals surface area contributed by atoms with Crippen molar-refractivity contribution in [2.75, 3.05) is 25.6 Å². The van der Waals surface area contributed by atoms with Gasteiger partial charge in [-0.25, -0.2) is 4.79 Å². The highest BCUT2D eigenvalue weighted by Gasteiger charge is 2.10. The smallest absolute Gasteiger partial charge is 0.339 e. The Balaban J connectivity index is 1.90. The van der Waals surface area contributed by atoms with Gasteiger partial charge in [-0.2, -0.15) is 0 Å². The summed E-state index contributed by atoms with van der Waals surface area (Å²) in [7, 11) is 1.38. The van der Waals surface area contributed by atoms with E-state index in [2.05, 4.69) is 11.4 Å². The number of esters is 1. The van der Waals surface area contributed by atoms with Crippen LogP contribution < -0.4 is 10.1 Å². The molecule has 0 atom stereocenters. The normalized spacial score (nSPS) is 10.1. The van der Waals surface area contributed by atoms with Crippen LogP contribution in [0, 0.1) is 13.8 Å². The van der Waals surface area contributed by atoms with E-state index in [1.165, 1.54) is 18.2 Å². The van der Waals surface area contributed by atoms with Gasteiger partial charge in [-0.15, -0.1) is 0 Å². The zero-order valence-corrected chi connectivity index (χ0v) is 13.2. The van der Waals surface area contributed by atoms with Gasteiger partial charge in [-0.3, -0.25) is 0 Å². The minimum absolute atomic E-state index is 0.349. The van der Waals surface area contributed by atoms with Crippen LogP contribution in [0.1, 0.15) is 21.5 Å². The monoisotopic (exact) mass is 299 g/mol. The summed E-state index contributed by atoms with van der Waals surface area (Å²) in [4.78, 5) is 11.7. The fourth-order valence-electron chi connectivity index (χ4n) is 2.30. The number of aryl methyl sites for hydroxylation is 2. The summed E-state index contributed by atoms with van der Waals surface area (Å²) in [5.74, 6) is 0.513. The quantitative estimate of drug-likeness (QED) is 0.654. The summed E-state index contributed by atoms with van der Waals surface area (Å²) in [5.41, 5.74) is 3.63. The minimum Gasteiger partial charge on any atom is -0.492 e. The maximum atomic E-state index is 11.7. The average Bonchev–Trinajstić information content (AvgIpc) is 2.50. The lowest BCUT2D eigenvalue weighted by atomic mass is 10.1. The molecular formula is C18H21NO3. The second-order valence-electron chi connectivity index (χ2n) is 5.14. The third-order valence-electron chi connectivity index (χ3n) is 3.21. The molecular weight excluding hydrogens is 278 g/mol. The van der Waals surface area contributed by atoms with E-state index in [0.29, 0.717) is 18.7 Å². The Morgan fingerprint density at radius 3 is 2.45 bits per heavy atom. The van der Waals surface area contributed by atoms with Gasteiger partial charge in [0.05, 0.1) is 12.7 Å². The lowest BCUT2D eigenvalue weighted by molar-refractivity contribution is 0.0602. The number of hydrogen-bond acceptors (Lipinski definition) is 4. The van der Waals surface area contributed by atoms with Crippen LogP contribution in [0.15, 0.2) is 42.5 Å². The summed E-state index contributed by atoms with van der Waals surface area (Å²) in [6.07, 6.45) is 0. The molecule has 0 bridgehead atoms. The van der Waals surface area contributed by atoms with Gasteiger partial charge in [-0.1, -0.05) is 18.2 Å². The highest BCUT2D eigenvalue weighted by molar-refractivity contribution is 5.95. The second-order valence-corrected chi connectivity index (χ2v) is 5.14. The van der Waals surface area contributed by atoms with E-state index >= 15 is 0 Å². The van der Waals surface area contributed by atoms with Crippen molar-refractivity contribution in [2.24, 2.45) is 0 Å². The first kappa shape index (κ1) is 15.9. The summed E-state index contributed by atoms with van der Waals surface area (Å²) >= 11 is 0. The Morgan fingerprint density at radius 2 is 1.77 bits per heavy atom. The first-order valence-electron chi connectivity index (χ1n) is 7.22. The molecule has 2 rings (SSSR count). The SMILES string of the molecule is COC(=O)c1ccccc1NCCOc1cc(C)cc(C)c1. The highest BCUT2D eigenvalue weighted by Crippen LogP contribution is 2.17. The van der Waals surface area contributed by atoms with Crippen LogP contribution in [-0.2, 0) is 4.74 Å². The lowest BCUT2D eigenvalue weighted by Gasteiger charge is -2.12. The molecule has 0 heterocycles. The van der Waals surface area contributed by atoms with E-state index in [1.807, 2.05) is 44.2 Å². The Labute approximate surface area is 131 Å². The molecule has 0 spiro atoms. The standard InChI is InChI=1S/C18H21NO3/c1-13-10-14(2)12-15(11-13)22-9-8-19-17-7-5-4-6-16(17)18(20)21-3/h4-7,10-12,19H,8-9H2,1-3H3. The summed E-state index contributed by atoms with van der Waals surface area (Å²) < 4.78 is 10.5. The molecule has 0 saturated carbocycles. The first-order chi connectivity index (χ1) is 10.6. The van der Waals surface area contributed by atoms with Gasteiger partial charge in [0.1, 0.15) is 12.4 Å². The van der Waals surface area contributed by atoms with Gasteiger partial charge in [0, 0.05) is 12.2 Å². The number of nitrogens with one attached hydrogen (secondary N) is 1. The van der Waals surface area contributed by atoms with Crippen LogP contribution in [0.25, 0.3) is 0 Å². The predicted molar refractivity (Wildman–Crippen MR) is 87.7 cm³/mol. The number of rotatable bonds is 6. The number of anilines is 1. The van der Waals surface area contributed by atoms with Crippen LogP contribution in [0.3, 0.4) is 0 Å². The van der Waals surface area contributed by atoms with Crippen molar-refractivity contribution in [3.05, 3.63) is 59.2 Å². The largest absolute Gasteiger partial charge is 0.492 e. The van der Waals surface area contributed by atoms with Crippen molar-refractivity contribution in [1.29, 1.82) is 0 Å². The maximum absolute atomic E-state index is 11.7. The number of ether oxygens (including phenoxy) is 2. The van der Waals surface area contributed by atoms with E-state index in [1.54, 1.807) is 6.07 Å². The molecule has 2 aromatic carbocycles. The number of benzene rings is 2. The van der Waals surface area contributed by atoms with Crippen molar-refractivity contribution >= 4 is 11.7 Å². The Bertz CT molecular complexity index is 632. The third kappa shape index (κ3) is 4.25. The van der Waals surface area contributed by atoms with Crippen LogP contribution in [0.4, 0.5) is 5.69 Å². The van der Waals surface area contributed by atoms with Crippen LogP contribution in [0.2, 0.25) is 0 Å². The van der Waals surface area contributed by atoms with E-state index in [4.69, 9.17) is 9.47 Å². The molecule has 4 heteroatoms. The molecule has 22 heavy (non-hydrogen) atoms. The van der Waals surface area contributed by atoms with E-state index in [-0.39, 0.29) is 5.97 Å². The predicted octanol–water partition coefficient (Wildman–Crippen LogP) is 3.58. The first-order valence-corrected chi connectivity index (χ1v) is 7.22. The van der Waals surface area contributed by atoms with Crippen molar-refractivity contribution in [1.82, 2.24) is 0 Å². The molecule has 1 N–H and O–H groups in total. The summed E-state index contributed by atoms with van der Waals surface area (Å²) in [5, 5.41) is 3.20. The molecule has 4 nitrogen and oxygen atoms in total. The van der Waals surface area contributed by atoms with Crippen molar-refractivity contribution in [3.63, 3.8) is 0 Å². The number of methoxy groups -OCH3 is 1. The zero-order valence-electron chi connectivity index (χ0n) is 13.2. The van der Waals surface area contributed by atoms with Crippen molar-refractivity contribution in [3.8, 4) is 5.75 Å². The molecule has 0 aliphatic heterocycles. The lowest BCUT2D eigenvalue weighted by Crippen LogP contribution is -2.14. The number of para-hydroxylation sites is 1. The van der Waals surface area contributed by atoms with Gasteiger partial charge >= 0.3 is 5.97 Å². The molecule has 0 aliphatic carbocycles. The molecule has 0 amide bonds. The molecule has 0 saturated heterocycles. The second kappa shape index (κ2) is 7.50. The minimum atomic E-state index is -0.349. The van der Waals surface area contributed by atoms with Crippen LogP contribution >= 0.6 is 0 Å². The maximum Gasteiger partial charge on any atom is 0.339 e. The Hall–Kier alpha value is -2.49. The fourth-order valence-corrected chi connectivity index (χ4v) is 2.30. The number of carbonyl (C=O) groups excluding carboxylic acids is 1. The number of carbonyl (C=O) groups is 1. The van der Waals surface area contributed by atoms with E-state index in [9.17, 15) is 4.79 Å². The van der Waals surface area contributed by atoms with E-state index in [0.717, 1.165) is 11.4 Å². The molecule has 0 aromatic heterocycles. The molecule has 0 fully saturated rings. The summed E-state index contributed by atoms with van der Waals surface area (Å²) in [6, 6.07) is 13.4. The average molecular weight is 299 g/mol. The molecule has 116 valence electrons. The molecule has 0 unspecified atom stereocenters. The van der Waals surface area contributed by atoms with Gasteiger partial charge in [0.2, 0.25) is 0 Å². The van der Waals surface area contributed by atoms with Crippen LogP contribution in [-0.4, -0.2) is 26.2 Å². The molecule has 2 aromatic rings. The number of hydrogen-bond donors (Lipinski definition) is 1. The topological polar surface area (TPSA) is 47.6 Å². The van der Waals surface area contributed by atoms with Gasteiger partial charge in [0.25, 0.3) is 0 Å². The fraction of sp³-hybridized carbons (Fsp3) is 0.278. The third-order valence-corrected chi connectivity index (χ3v) is 3.21. The summed E-state index contributed by atoms with van der Waals surface area (Å²) in [6.45, 7) is 5.20.